The van der Waals surface area contributed by atoms with E-state index in [9.17, 15) is 0 Å². The monoisotopic (exact) mass is 179 g/mol. The van der Waals surface area contributed by atoms with Gasteiger partial charge in [0.2, 0.25) is 0 Å². The molecule has 3 nitrogen and oxygen atoms in total. The van der Waals surface area contributed by atoms with Gasteiger partial charge in [-0.1, -0.05) is 12.8 Å². The molecule has 2 atom stereocenters. The van der Waals surface area contributed by atoms with Crippen molar-refractivity contribution in [2.45, 2.75) is 44.7 Å². The molecule has 2 N–H and O–H groups in total. The highest BCUT2D eigenvalue weighted by atomic mass is 15.1. The third-order valence-corrected chi connectivity index (χ3v) is 3.00. The van der Waals surface area contributed by atoms with E-state index in [1.54, 1.807) is 0 Å². The summed E-state index contributed by atoms with van der Waals surface area (Å²) in [5.41, 5.74) is 6.09. The fourth-order valence-electron chi connectivity index (χ4n) is 2.22. The highest BCUT2D eigenvalue weighted by Crippen LogP contribution is 2.27. The van der Waals surface area contributed by atoms with Gasteiger partial charge in [0, 0.05) is 24.5 Å². The zero-order valence-electron chi connectivity index (χ0n) is 8.11. The Hall–Kier alpha value is -0.830. The van der Waals surface area contributed by atoms with Gasteiger partial charge < -0.3 is 10.3 Å². The summed E-state index contributed by atoms with van der Waals surface area (Å²) in [7, 11) is 0. The molecule has 0 amide bonds. The molecule has 0 radical (unpaired) electrons. The van der Waals surface area contributed by atoms with E-state index in [4.69, 9.17) is 5.73 Å². The van der Waals surface area contributed by atoms with Gasteiger partial charge in [-0.25, -0.2) is 4.98 Å². The summed E-state index contributed by atoms with van der Waals surface area (Å²) in [6.07, 6.45) is 8.85. The molecule has 72 valence electrons. The summed E-state index contributed by atoms with van der Waals surface area (Å²) >= 11 is 0. The van der Waals surface area contributed by atoms with Crippen molar-refractivity contribution in [1.82, 2.24) is 9.55 Å². The third-order valence-electron chi connectivity index (χ3n) is 3.00. The van der Waals surface area contributed by atoms with Crippen LogP contribution in [0.15, 0.2) is 12.4 Å². The lowest BCUT2D eigenvalue weighted by Crippen LogP contribution is -2.35. The van der Waals surface area contributed by atoms with E-state index < -0.39 is 0 Å². The van der Waals surface area contributed by atoms with Crippen LogP contribution in [-0.4, -0.2) is 15.6 Å². The minimum Gasteiger partial charge on any atom is -0.331 e. The van der Waals surface area contributed by atoms with Gasteiger partial charge in [-0.05, 0) is 19.8 Å². The molecule has 1 heterocycles. The Balaban J connectivity index is 2.19. The second-order valence-electron chi connectivity index (χ2n) is 3.90. The van der Waals surface area contributed by atoms with Crippen molar-refractivity contribution in [3.63, 3.8) is 0 Å². The van der Waals surface area contributed by atoms with Crippen molar-refractivity contribution < 1.29 is 0 Å². The normalized spacial score (nSPS) is 29.1. The van der Waals surface area contributed by atoms with Crippen molar-refractivity contribution in [3.05, 3.63) is 18.2 Å². The van der Waals surface area contributed by atoms with E-state index in [0.717, 1.165) is 12.2 Å². The lowest BCUT2D eigenvalue weighted by Gasteiger charge is -2.30. The third kappa shape index (κ3) is 1.61. The first kappa shape index (κ1) is 8.75. The number of aromatic nitrogens is 2. The molecule has 1 saturated carbocycles. The Morgan fingerprint density at radius 2 is 2.23 bits per heavy atom. The molecule has 13 heavy (non-hydrogen) atoms. The fraction of sp³-hybridized carbons (Fsp3) is 0.700. The topological polar surface area (TPSA) is 43.8 Å². The number of hydrogen-bond acceptors (Lipinski definition) is 2. The summed E-state index contributed by atoms with van der Waals surface area (Å²) in [5, 5.41) is 0. The van der Waals surface area contributed by atoms with Crippen LogP contribution in [0, 0.1) is 6.92 Å². The Kier molecular flexibility index (Phi) is 2.36. The van der Waals surface area contributed by atoms with Gasteiger partial charge in [0.25, 0.3) is 0 Å². The number of aryl methyl sites for hydroxylation is 1. The molecule has 1 aliphatic rings. The van der Waals surface area contributed by atoms with Crippen LogP contribution in [0.1, 0.15) is 37.5 Å². The number of nitrogens with two attached hydrogens (primary N) is 1. The quantitative estimate of drug-likeness (QED) is 0.712. The van der Waals surface area contributed by atoms with Crippen LogP contribution in [0.3, 0.4) is 0 Å². The molecule has 2 unspecified atom stereocenters. The van der Waals surface area contributed by atoms with E-state index in [1.807, 2.05) is 19.3 Å². The van der Waals surface area contributed by atoms with Gasteiger partial charge in [-0.2, -0.15) is 0 Å². The number of rotatable bonds is 1. The molecule has 2 rings (SSSR count). The molecule has 0 spiro atoms. The van der Waals surface area contributed by atoms with Crippen LogP contribution in [0.5, 0.6) is 0 Å². The maximum Gasteiger partial charge on any atom is 0.105 e. The maximum atomic E-state index is 6.09. The minimum absolute atomic E-state index is 0.321. The zero-order chi connectivity index (χ0) is 9.26. The van der Waals surface area contributed by atoms with Crippen LogP contribution in [0.4, 0.5) is 0 Å². The van der Waals surface area contributed by atoms with Crippen LogP contribution in [-0.2, 0) is 0 Å². The molecule has 0 saturated heterocycles. The lowest BCUT2D eigenvalue weighted by atomic mass is 9.91. The summed E-state index contributed by atoms with van der Waals surface area (Å²) in [6.45, 7) is 2.04. The molecule has 3 heteroatoms. The van der Waals surface area contributed by atoms with Crippen molar-refractivity contribution in [3.8, 4) is 0 Å². The molecule has 1 aromatic rings. The summed E-state index contributed by atoms with van der Waals surface area (Å²) in [6, 6.07) is 0.804. The molecule has 0 aliphatic heterocycles. The van der Waals surface area contributed by atoms with E-state index in [2.05, 4.69) is 9.55 Å². The van der Waals surface area contributed by atoms with Gasteiger partial charge in [0.05, 0.1) is 0 Å². The fourth-order valence-corrected chi connectivity index (χ4v) is 2.22. The number of hydrogen-bond donors (Lipinski definition) is 1. The predicted molar refractivity (Wildman–Crippen MR) is 52.4 cm³/mol. The standard InChI is InChI=1S/C10H17N3/c1-8-12-6-7-13(8)10-5-3-2-4-9(10)11/h6-7,9-10H,2-5,11H2,1H3. The Bertz CT molecular complexity index is 279. The molecule has 1 aliphatic carbocycles. The summed E-state index contributed by atoms with van der Waals surface area (Å²) in [5.74, 6) is 1.09. The highest BCUT2D eigenvalue weighted by Gasteiger charge is 2.23. The smallest absolute Gasteiger partial charge is 0.105 e. The van der Waals surface area contributed by atoms with E-state index in [-0.39, 0.29) is 0 Å². The lowest BCUT2D eigenvalue weighted by molar-refractivity contribution is 0.302. The number of imidazole rings is 1. The SMILES string of the molecule is Cc1nccn1C1CCCCC1N. The van der Waals surface area contributed by atoms with E-state index in [1.165, 1.54) is 19.3 Å². The zero-order valence-corrected chi connectivity index (χ0v) is 8.11. The Labute approximate surface area is 79.0 Å². The van der Waals surface area contributed by atoms with E-state index >= 15 is 0 Å². The van der Waals surface area contributed by atoms with Gasteiger partial charge in [-0.3, -0.25) is 0 Å². The average molecular weight is 179 g/mol. The van der Waals surface area contributed by atoms with Gasteiger partial charge >= 0.3 is 0 Å². The first-order valence-corrected chi connectivity index (χ1v) is 5.04. The Morgan fingerprint density at radius 1 is 1.46 bits per heavy atom. The summed E-state index contributed by atoms with van der Waals surface area (Å²) < 4.78 is 2.23. The van der Waals surface area contributed by atoms with Gasteiger partial charge in [0.1, 0.15) is 5.82 Å². The van der Waals surface area contributed by atoms with Crippen molar-refractivity contribution in [2.24, 2.45) is 5.73 Å². The molecule has 0 bridgehead atoms. The van der Waals surface area contributed by atoms with E-state index in [0.29, 0.717) is 12.1 Å². The first-order valence-electron chi connectivity index (χ1n) is 5.04. The van der Waals surface area contributed by atoms with Crippen LogP contribution < -0.4 is 5.73 Å². The highest BCUT2D eigenvalue weighted by molar-refractivity contribution is 4.96. The molecule has 1 aromatic heterocycles. The second-order valence-corrected chi connectivity index (χ2v) is 3.90. The largest absolute Gasteiger partial charge is 0.331 e. The van der Waals surface area contributed by atoms with Crippen molar-refractivity contribution in [2.75, 3.05) is 0 Å². The van der Waals surface area contributed by atoms with Crippen LogP contribution >= 0.6 is 0 Å². The number of nitrogens with zero attached hydrogens (tertiary/aromatic N) is 2. The molecular weight excluding hydrogens is 162 g/mol. The van der Waals surface area contributed by atoms with Crippen LogP contribution in [0.25, 0.3) is 0 Å². The molecular formula is C10H17N3. The first-order chi connectivity index (χ1) is 6.29. The average Bonchev–Trinajstić information content (AvgIpc) is 2.52. The van der Waals surface area contributed by atoms with Crippen LogP contribution in [0.2, 0.25) is 0 Å². The predicted octanol–water partition coefficient (Wildman–Crippen LogP) is 1.63. The summed E-state index contributed by atoms with van der Waals surface area (Å²) in [4.78, 5) is 4.23. The van der Waals surface area contributed by atoms with Crippen molar-refractivity contribution in [1.29, 1.82) is 0 Å². The molecule has 0 aromatic carbocycles. The van der Waals surface area contributed by atoms with Gasteiger partial charge in [0.15, 0.2) is 0 Å². The molecule has 1 fully saturated rings. The Morgan fingerprint density at radius 3 is 2.85 bits per heavy atom. The second kappa shape index (κ2) is 3.50. The van der Waals surface area contributed by atoms with Crippen molar-refractivity contribution >= 4 is 0 Å². The van der Waals surface area contributed by atoms with Gasteiger partial charge in [-0.15, -0.1) is 0 Å². The minimum atomic E-state index is 0.321. The maximum absolute atomic E-state index is 6.09.